The number of piperidine rings is 1. The Morgan fingerprint density at radius 1 is 0.925 bits per heavy atom. The topological polar surface area (TPSA) is 58.9 Å². The first-order valence-electron chi connectivity index (χ1n) is 14.9. The van der Waals surface area contributed by atoms with Gasteiger partial charge in [-0.15, -0.1) is 0 Å². The van der Waals surface area contributed by atoms with E-state index >= 15 is 0 Å². The van der Waals surface area contributed by atoms with Crippen molar-refractivity contribution < 1.29 is 0 Å². The van der Waals surface area contributed by atoms with Gasteiger partial charge in [0.25, 0.3) is 0 Å². The number of likely N-dealkylation sites (tertiary alicyclic amines) is 1. The van der Waals surface area contributed by atoms with Crippen LogP contribution in [0, 0.1) is 0 Å². The summed E-state index contributed by atoms with van der Waals surface area (Å²) < 4.78 is 2.16. The Balaban J connectivity index is 0.00000158. The molecule has 6 heteroatoms. The summed E-state index contributed by atoms with van der Waals surface area (Å²) in [6.07, 6.45) is 15.1. The molecule has 6 nitrogen and oxygen atoms in total. The third-order valence-electron chi connectivity index (χ3n) is 7.61. The lowest BCUT2D eigenvalue weighted by atomic mass is 10.0. The molecule has 1 N–H and O–H groups in total. The Bertz CT molecular complexity index is 1440. The molecule has 208 valence electrons. The summed E-state index contributed by atoms with van der Waals surface area (Å²) in [5.74, 6) is 0.851. The van der Waals surface area contributed by atoms with E-state index in [1.54, 1.807) is 6.20 Å². The van der Waals surface area contributed by atoms with Crippen LogP contribution in [0.15, 0.2) is 79.2 Å². The Morgan fingerprint density at radius 3 is 2.33 bits per heavy atom. The van der Waals surface area contributed by atoms with Crippen LogP contribution in [-0.2, 0) is 6.54 Å². The first-order chi connectivity index (χ1) is 19.7. The summed E-state index contributed by atoms with van der Waals surface area (Å²) in [4.78, 5) is 17.0. The molecular weight excluding hydrogens is 492 g/mol. The molecule has 4 aromatic rings. The number of rotatable bonds is 8. The van der Waals surface area contributed by atoms with E-state index in [1.165, 1.54) is 31.2 Å². The van der Waals surface area contributed by atoms with E-state index in [9.17, 15) is 0 Å². The molecule has 1 saturated heterocycles. The quantitative estimate of drug-likeness (QED) is 0.242. The highest BCUT2D eigenvalue weighted by molar-refractivity contribution is 5.83. The van der Waals surface area contributed by atoms with Crippen molar-refractivity contribution in [3.63, 3.8) is 0 Å². The van der Waals surface area contributed by atoms with Gasteiger partial charge in [-0.1, -0.05) is 44.2 Å². The normalized spacial score (nSPS) is 16.9. The summed E-state index contributed by atoms with van der Waals surface area (Å²) in [6, 6.07) is 18.5. The number of nitrogens with one attached hydrogen (secondary N) is 1. The fourth-order valence-corrected chi connectivity index (χ4v) is 5.41. The Kier molecular flexibility index (Phi) is 9.19. The Labute approximate surface area is 238 Å². The van der Waals surface area contributed by atoms with Gasteiger partial charge in [0.05, 0.1) is 5.69 Å². The largest absolute Gasteiger partial charge is 0.311 e. The average molecular weight is 535 g/mol. The number of nitrogens with zero attached hydrogens (tertiary/aromatic N) is 5. The van der Waals surface area contributed by atoms with E-state index in [1.807, 2.05) is 46.0 Å². The minimum Gasteiger partial charge on any atom is -0.311 e. The maximum absolute atomic E-state index is 5.08. The Morgan fingerprint density at radius 2 is 1.68 bits per heavy atom. The van der Waals surface area contributed by atoms with Crippen molar-refractivity contribution >= 4 is 16.7 Å². The van der Waals surface area contributed by atoms with Crippen LogP contribution in [0.2, 0.25) is 0 Å². The first-order valence-corrected chi connectivity index (χ1v) is 14.9. The van der Waals surface area contributed by atoms with E-state index in [2.05, 4.69) is 74.4 Å². The van der Waals surface area contributed by atoms with Crippen molar-refractivity contribution in [3.05, 3.63) is 90.4 Å². The summed E-state index contributed by atoms with van der Waals surface area (Å²) >= 11 is 0. The highest BCUT2D eigenvalue weighted by Gasteiger charge is 2.27. The van der Waals surface area contributed by atoms with E-state index < -0.39 is 0 Å². The van der Waals surface area contributed by atoms with Gasteiger partial charge in [0.2, 0.25) is 0 Å². The molecular formula is C34H42N6. The molecule has 4 heterocycles. The number of allylic oxidation sites excluding steroid dienone is 4. The van der Waals surface area contributed by atoms with Crippen molar-refractivity contribution in [1.82, 2.24) is 29.7 Å². The standard InChI is InChI=1S/C32H36N6.C2H6/c1-3-6-24(4-2)29-14-15-30-32(35-29)38(31(36-30)25-7-5-18-33-21-25)28-12-8-23(9-13-28)22-37-19-16-27(17-20-37)34-26-10-11-26;1-2/h3-9,12-15,18,21,26-27,34H,10-11,16-17,19-20,22H2,1-2H3;1-2H3/b6-3-,24-4+;. The molecule has 1 aliphatic heterocycles. The van der Waals surface area contributed by atoms with Crippen molar-refractivity contribution in [2.45, 2.75) is 72.0 Å². The van der Waals surface area contributed by atoms with Gasteiger partial charge in [-0.2, -0.15) is 0 Å². The molecule has 6 rings (SSSR count). The van der Waals surface area contributed by atoms with Crippen LogP contribution in [0.25, 0.3) is 33.8 Å². The third-order valence-corrected chi connectivity index (χ3v) is 7.61. The van der Waals surface area contributed by atoms with Gasteiger partial charge in [0, 0.05) is 42.3 Å². The summed E-state index contributed by atoms with van der Waals surface area (Å²) in [7, 11) is 0. The molecule has 2 aliphatic rings. The number of pyridine rings is 2. The molecule has 0 spiro atoms. The molecule has 0 radical (unpaired) electrons. The van der Waals surface area contributed by atoms with Crippen LogP contribution in [0.3, 0.4) is 0 Å². The van der Waals surface area contributed by atoms with E-state index in [0.29, 0.717) is 6.04 Å². The van der Waals surface area contributed by atoms with Gasteiger partial charge >= 0.3 is 0 Å². The van der Waals surface area contributed by atoms with Crippen LogP contribution in [-0.4, -0.2) is 49.6 Å². The zero-order chi connectivity index (χ0) is 27.9. The predicted octanol–water partition coefficient (Wildman–Crippen LogP) is 7.20. The lowest BCUT2D eigenvalue weighted by Crippen LogP contribution is -2.42. The van der Waals surface area contributed by atoms with Crippen molar-refractivity contribution in [2.75, 3.05) is 13.1 Å². The molecule has 2 fully saturated rings. The first kappa shape index (κ1) is 27.9. The average Bonchev–Trinajstić information content (AvgIpc) is 3.75. The number of fused-ring (bicyclic) bond motifs is 1. The minimum absolute atomic E-state index is 0.704. The highest BCUT2D eigenvalue weighted by atomic mass is 15.2. The fourth-order valence-electron chi connectivity index (χ4n) is 5.41. The molecule has 40 heavy (non-hydrogen) atoms. The van der Waals surface area contributed by atoms with Crippen molar-refractivity contribution in [3.8, 4) is 17.1 Å². The van der Waals surface area contributed by atoms with Crippen LogP contribution >= 0.6 is 0 Å². The van der Waals surface area contributed by atoms with Gasteiger partial charge in [-0.3, -0.25) is 14.5 Å². The lowest BCUT2D eigenvalue weighted by Gasteiger charge is -2.32. The second-order valence-electron chi connectivity index (χ2n) is 10.5. The molecule has 1 saturated carbocycles. The molecule has 0 bridgehead atoms. The van der Waals surface area contributed by atoms with Gasteiger partial charge in [-0.05, 0) is 100 Å². The van der Waals surface area contributed by atoms with Crippen LogP contribution in [0.4, 0.5) is 0 Å². The van der Waals surface area contributed by atoms with Gasteiger partial charge < -0.3 is 5.32 Å². The molecule has 0 amide bonds. The van der Waals surface area contributed by atoms with E-state index in [0.717, 1.165) is 65.2 Å². The lowest BCUT2D eigenvalue weighted by molar-refractivity contribution is 0.190. The smallest absolute Gasteiger partial charge is 0.165 e. The number of hydrogen-bond donors (Lipinski definition) is 1. The predicted molar refractivity (Wildman–Crippen MR) is 166 cm³/mol. The van der Waals surface area contributed by atoms with Gasteiger partial charge in [-0.25, -0.2) is 9.97 Å². The monoisotopic (exact) mass is 534 g/mol. The van der Waals surface area contributed by atoms with Crippen molar-refractivity contribution in [2.24, 2.45) is 0 Å². The van der Waals surface area contributed by atoms with E-state index in [4.69, 9.17) is 9.97 Å². The zero-order valence-electron chi connectivity index (χ0n) is 24.3. The van der Waals surface area contributed by atoms with Crippen LogP contribution < -0.4 is 5.32 Å². The molecule has 0 atom stereocenters. The summed E-state index contributed by atoms with van der Waals surface area (Å²) in [5, 5.41) is 3.80. The highest BCUT2D eigenvalue weighted by Crippen LogP contribution is 2.29. The number of imidazole rings is 1. The van der Waals surface area contributed by atoms with E-state index in [-0.39, 0.29) is 0 Å². The minimum atomic E-state index is 0.704. The SMILES string of the molecule is C/C=C\C(=C/C)c1ccc2nc(-c3cccnc3)n(-c3ccc(CN4CCC(NC5CC5)CC4)cc3)c2n1.CC. The fraction of sp³-hybridized carbons (Fsp3) is 0.382. The molecule has 1 aliphatic carbocycles. The Hall–Kier alpha value is -3.61. The van der Waals surface area contributed by atoms with Gasteiger partial charge in [0.15, 0.2) is 5.65 Å². The van der Waals surface area contributed by atoms with Crippen LogP contribution in [0.5, 0.6) is 0 Å². The summed E-state index contributed by atoms with van der Waals surface area (Å²) in [6.45, 7) is 11.4. The number of aromatic nitrogens is 4. The third kappa shape index (κ3) is 6.40. The molecule has 3 aromatic heterocycles. The van der Waals surface area contributed by atoms with Gasteiger partial charge in [0.1, 0.15) is 11.3 Å². The maximum Gasteiger partial charge on any atom is 0.165 e. The van der Waals surface area contributed by atoms with Crippen molar-refractivity contribution in [1.29, 1.82) is 0 Å². The second kappa shape index (κ2) is 13.2. The second-order valence-corrected chi connectivity index (χ2v) is 10.5. The number of benzene rings is 1. The number of hydrogen-bond acceptors (Lipinski definition) is 5. The molecule has 0 unspecified atom stereocenters. The zero-order valence-corrected chi connectivity index (χ0v) is 24.3. The summed E-state index contributed by atoms with van der Waals surface area (Å²) in [5.41, 5.74) is 7.12. The molecule has 1 aromatic carbocycles. The van der Waals surface area contributed by atoms with Crippen LogP contribution in [0.1, 0.15) is 64.6 Å². The maximum atomic E-state index is 5.08.